The van der Waals surface area contributed by atoms with Gasteiger partial charge >= 0.3 is 0 Å². The summed E-state index contributed by atoms with van der Waals surface area (Å²) in [7, 11) is 0. The topological polar surface area (TPSA) is 76.1 Å². The van der Waals surface area contributed by atoms with E-state index in [2.05, 4.69) is 20.8 Å². The van der Waals surface area contributed by atoms with Gasteiger partial charge in [-0.1, -0.05) is 23.1 Å². The molecule has 0 radical (unpaired) electrons. The Morgan fingerprint density at radius 2 is 2.19 bits per heavy atom. The fourth-order valence-corrected chi connectivity index (χ4v) is 4.30. The first-order valence-electron chi connectivity index (χ1n) is 8.24. The van der Waals surface area contributed by atoms with E-state index in [1.165, 1.54) is 11.3 Å². The van der Waals surface area contributed by atoms with Crippen LogP contribution < -0.4 is 10.6 Å². The highest BCUT2D eigenvalue weighted by atomic mass is 32.2. The van der Waals surface area contributed by atoms with Crippen LogP contribution in [0.5, 0.6) is 0 Å². The monoisotopic (exact) mass is 418 g/mol. The van der Waals surface area contributed by atoms with Gasteiger partial charge in [0.25, 0.3) is 0 Å². The lowest BCUT2D eigenvalue weighted by molar-refractivity contribution is -0.115. The molecular weight excluding hydrogens is 401 g/mol. The maximum Gasteiger partial charge on any atom is 0.237 e. The van der Waals surface area contributed by atoms with Crippen LogP contribution in [0.4, 0.5) is 24.0 Å². The number of nitrogens with zero attached hydrogens (tertiary/aromatic N) is 2. The number of rotatable bonds is 7. The van der Waals surface area contributed by atoms with Gasteiger partial charge in [0, 0.05) is 13.2 Å². The van der Waals surface area contributed by atoms with E-state index < -0.39 is 34.3 Å². The van der Waals surface area contributed by atoms with Gasteiger partial charge in [0.1, 0.15) is 0 Å². The van der Waals surface area contributed by atoms with Gasteiger partial charge < -0.3 is 15.4 Å². The molecule has 2 aromatic rings. The maximum absolute atomic E-state index is 13.7. The molecule has 27 heavy (non-hydrogen) atoms. The predicted octanol–water partition coefficient (Wildman–Crippen LogP) is 3.67. The van der Waals surface area contributed by atoms with Crippen molar-refractivity contribution in [2.24, 2.45) is 0 Å². The Bertz CT molecular complexity index is 815. The zero-order valence-electron chi connectivity index (χ0n) is 14.3. The number of aromatic nitrogens is 2. The SMILES string of the molecule is C[C@H](Sc1nnc(NC[C@@H]2CCCO2)s1)C(=O)Nc1ccc(F)c(F)c1F. The van der Waals surface area contributed by atoms with Crippen LogP contribution in [0, 0.1) is 17.5 Å². The third-order valence-electron chi connectivity index (χ3n) is 3.85. The normalized spacial score (nSPS) is 17.7. The summed E-state index contributed by atoms with van der Waals surface area (Å²) in [5.41, 5.74) is -0.414. The Kier molecular flexibility index (Phi) is 6.55. The van der Waals surface area contributed by atoms with E-state index in [4.69, 9.17) is 4.74 Å². The lowest BCUT2D eigenvalue weighted by atomic mass is 10.2. The van der Waals surface area contributed by atoms with Crippen LogP contribution in [-0.2, 0) is 9.53 Å². The van der Waals surface area contributed by atoms with E-state index in [9.17, 15) is 18.0 Å². The molecule has 1 aromatic heterocycles. The van der Waals surface area contributed by atoms with Gasteiger partial charge in [-0.15, -0.1) is 10.2 Å². The summed E-state index contributed by atoms with van der Waals surface area (Å²) < 4.78 is 45.9. The van der Waals surface area contributed by atoms with Crippen molar-refractivity contribution in [1.29, 1.82) is 0 Å². The first-order valence-corrected chi connectivity index (χ1v) is 9.93. The van der Waals surface area contributed by atoms with Crippen LogP contribution in [0.1, 0.15) is 19.8 Å². The zero-order chi connectivity index (χ0) is 19.4. The van der Waals surface area contributed by atoms with Crippen molar-refractivity contribution in [2.75, 3.05) is 23.8 Å². The van der Waals surface area contributed by atoms with E-state index in [1.54, 1.807) is 6.92 Å². The molecule has 3 rings (SSSR count). The molecule has 1 aliphatic rings. The Balaban J connectivity index is 1.53. The zero-order valence-corrected chi connectivity index (χ0v) is 15.9. The molecule has 6 nitrogen and oxygen atoms in total. The van der Waals surface area contributed by atoms with Gasteiger partial charge in [0.2, 0.25) is 11.0 Å². The molecule has 11 heteroatoms. The molecule has 146 valence electrons. The van der Waals surface area contributed by atoms with Crippen molar-refractivity contribution >= 4 is 39.8 Å². The number of thioether (sulfide) groups is 1. The molecule has 1 fully saturated rings. The van der Waals surface area contributed by atoms with Crippen molar-refractivity contribution in [3.63, 3.8) is 0 Å². The summed E-state index contributed by atoms with van der Waals surface area (Å²) >= 11 is 2.42. The number of amides is 1. The van der Waals surface area contributed by atoms with E-state index in [1.807, 2.05) is 0 Å². The fraction of sp³-hybridized carbons (Fsp3) is 0.438. The first-order chi connectivity index (χ1) is 12.9. The first kappa shape index (κ1) is 19.9. The van der Waals surface area contributed by atoms with Crippen LogP contribution in [0.2, 0.25) is 0 Å². The summed E-state index contributed by atoms with van der Waals surface area (Å²) in [6, 6.07) is 1.73. The van der Waals surface area contributed by atoms with Crippen molar-refractivity contribution in [3.8, 4) is 0 Å². The predicted molar refractivity (Wildman–Crippen MR) is 97.6 cm³/mol. The van der Waals surface area contributed by atoms with Crippen molar-refractivity contribution < 1.29 is 22.7 Å². The third-order valence-corrected chi connectivity index (χ3v) is 5.92. The quantitative estimate of drug-likeness (QED) is 0.528. The second kappa shape index (κ2) is 8.89. The van der Waals surface area contributed by atoms with Gasteiger partial charge in [-0.3, -0.25) is 4.79 Å². The molecule has 0 bridgehead atoms. The second-order valence-electron chi connectivity index (χ2n) is 5.86. The number of hydrogen-bond donors (Lipinski definition) is 2. The number of nitrogens with one attached hydrogen (secondary N) is 2. The molecule has 0 unspecified atom stereocenters. The van der Waals surface area contributed by atoms with Gasteiger partial charge in [-0.05, 0) is 31.9 Å². The van der Waals surface area contributed by atoms with Crippen LogP contribution in [0.15, 0.2) is 16.5 Å². The standard InChI is InChI=1S/C16H17F3N4O2S2/c1-8(14(24)21-11-5-4-10(17)12(18)13(11)19)26-16-23-22-15(27-16)20-7-9-3-2-6-25-9/h4-5,8-9H,2-3,6-7H2,1H3,(H,20,22)(H,21,24)/t8-,9-/m0/s1. The number of anilines is 2. The van der Waals surface area contributed by atoms with Crippen molar-refractivity contribution in [3.05, 3.63) is 29.6 Å². The minimum Gasteiger partial charge on any atom is -0.376 e. The van der Waals surface area contributed by atoms with E-state index in [-0.39, 0.29) is 6.10 Å². The maximum atomic E-state index is 13.7. The molecule has 1 saturated heterocycles. The number of carbonyl (C=O) groups excluding carboxylic acids is 1. The van der Waals surface area contributed by atoms with Gasteiger partial charge in [-0.2, -0.15) is 0 Å². The number of carbonyl (C=O) groups is 1. The smallest absolute Gasteiger partial charge is 0.237 e. The molecule has 1 amide bonds. The van der Waals surface area contributed by atoms with Gasteiger partial charge in [0.05, 0.1) is 17.0 Å². The Morgan fingerprint density at radius 1 is 1.37 bits per heavy atom. The summed E-state index contributed by atoms with van der Waals surface area (Å²) in [6.07, 6.45) is 2.22. The van der Waals surface area contributed by atoms with E-state index >= 15 is 0 Å². The lowest BCUT2D eigenvalue weighted by Crippen LogP contribution is -2.23. The molecule has 1 aromatic carbocycles. The second-order valence-corrected chi connectivity index (χ2v) is 8.43. The van der Waals surface area contributed by atoms with E-state index in [0.717, 1.165) is 43.3 Å². The fourth-order valence-electron chi connectivity index (χ4n) is 2.40. The van der Waals surface area contributed by atoms with Crippen LogP contribution in [-0.4, -0.2) is 40.6 Å². The van der Waals surface area contributed by atoms with Crippen molar-refractivity contribution in [2.45, 2.75) is 35.5 Å². The average Bonchev–Trinajstić information content (AvgIpc) is 3.32. The number of halogens is 3. The molecule has 0 aliphatic carbocycles. The molecule has 0 spiro atoms. The lowest BCUT2D eigenvalue weighted by Gasteiger charge is -2.11. The summed E-state index contributed by atoms with van der Waals surface area (Å²) in [6.45, 7) is 3.01. The van der Waals surface area contributed by atoms with Gasteiger partial charge in [-0.25, -0.2) is 13.2 Å². The number of ether oxygens (including phenoxy) is 1. The Hall–Kier alpha value is -1.85. The molecule has 2 N–H and O–H groups in total. The molecular formula is C16H17F3N4O2S2. The minimum absolute atomic E-state index is 0.167. The number of hydrogen-bond acceptors (Lipinski definition) is 7. The summed E-state index contributed by atoms with van der Waals surface area (Å²) in [4.78, 5) is 12.2. The van der Waals surface area contributed by atoms with Crippen molar-refractivity contribution in [1.82, 2.24) is 10.2 Å². The molecule has 2 atom stereocenters. The molecule has 0 saturated carbocycles. The summed E-state index contributed by atoms with van der Waals surface area (Å²) in [5, 5.41) is 13.4. The van der Waals surface area contributed by atoms with E-state index in [0.29, 0.717) is 16.0 Å². The third kappa shape index (κ3) is 5.11. The largest absolute Gasteiger partial charge is 0.376 e. The highest BCUT2D eigenvalue weighted by molar-refractivity contribution is 8.02. The van der Waals surface area contributed by atoms with Crippen LogP contribution in [0.3, 0.4) is 0 Å². The average molecular weight is 418 g/mol. The Labute approximate surface area is 161 Å². The molecule has 2 heterocycles. The minimum atomic E-state index is -1.63. The molecule has 1 aliphatic heterocycles. The summed E-state index contributed by atoms with van der Waals surface area (Å²) in [5.74, 6) is -4.94. The highest BCUT2D eigenvalue weighted by Gasteiger charge is 2.21. The Morgan fingerprint density at radius 3 is 2.93 bits per heavy atom. The van der Waals surface area contributed by atoms with Crippen LogP contribution in [0.25, 0.3) is 0 Å². The highest BCUT2D eigenvalue weighted by Crippen LogP contribution is 2.30. The van der Waals surface area contributed by atoms with Crippen LogP contribution >= 0.6 is 23.1 Å². The number of benzene rings is 1. The van der Waals surface area contributed by atoms with Gasteiger partial charge in [0.15, 0.2) is 21.8 Å².